The van der Waals surface area contributed by atoms with E-state index in [1.165, 1.54) is 5.69 Å². The Hall–Kier alpha value is -2.60. The molecule has 0 aliphatic carbocycles. The number of nitrogens with one attached hydrogen (secondary N) is 1. The molecule has 33 heavy (non-hydrogen) atoms. The molecule has 3 aromatic rings. The highest BCUT2D eigenvalue weighted by atomic mass is 35.5. The summed E-state index contributed by atoms with van der Waals surface area (Å²) < 4.78 is 17.3. The number of morpholine rings is 1. The fraction of sp³-hybridized carbons (Fsp3) is 0.308. The van der Waals surface area contributed by atoms with Gasteiger partial charge in [-0.15, -0.1) is 0 Å². The van der Waals surface area contributed by atoms with E-state index in [9.17, 15) is 0 Å². The van der Waals surface area contributed by atoms with Gasteiger partial charge in [-0.05, 0) is 60.5 Å². The monoisotopic (exact) mass is 486 g/mol. The number of halogens is 2. The van der Waals surface area contributed by atoms with Crippen LogP contribution >= 0.6 is 23.2 Å². The highest BCUT2D eigenvalue weighted by molar-refractivity contribution is 6.31. The lowest BCUT2D eigenvalue weighted by molar-refractivity contribution is 0.122. The first-order chi connectivity index (χ1) is 16.1. The van der Waals surface area contributed by atoms with E-state index >= 15 is 0 Å². The molecule has 0 atom stereocenters. The molecule has 1 aliphatic rings. The first kappa shape index (κ1) is 23.6. The molecule has 1 saturated heterocycles. The number of rotatable bonds is 9. The molecule has 174 valence electrons. The van der Waals surface area contributed by atoms with Crippen molar-refractivity contribution in [1.82, 2.24) is 0 Å². The average molecular weight is 487 g/mol. The Morgan fingerprint density at radius 3 is 2.30 bits per heavy atom. The Morgan fingerprint density at radius 1 is 0.909 bits per heavy atom. The van der Waals surface area contributed by atoms with Crippen molar-refractivity contribution in [2.24, 2.45) is 0 Å². The topological polar surface area (TPSA) is 43.0 Å². The maximum absolute atomic E-state index is 6.59. The lowest BCUT2D eigenvalue weighted by atomic mass is 10.1. The van der Waals surface area contributed by atoms with Gasteiger partial charge in [0.1, 0.15) is 6.61 Å². The molecule has 5 nitrogen and oxygen atoms in total. The van der Waals surface area contributed by atoms with Gasteiger partial charge >= 0.3 is 0 Å². The molecule has 4 rings (SSSR count). The summed E-state index contributed by atoms with van der Waals surface area (Å²) in [6, 6.07) is 19.8. The lowest BCUT2D eigenvalue weighted by Crippen LogP contribution is -2.36. The van der Waals surface area contributed by atoms with Crippen LogP contribution in [0.1, 0.15) is 18.1 Å². The van der Waals surface area contributed by atoms with Gasteiger partial charge in [-0.3, -0.25) is 0 Å². The number of anilines is 2. The van der Waals surface area contributed by atoms with Gasteiger partial charge in [0.25, 0.3) is 0 Å². The Bertz CT molecular complexity index is 1040. The highest BCUT2D eigenvalue weighted by Gasteiger charge is 2.13. The summed E-state index contributed by atoms with van der Waals surface area (Å²) in [7, 11) is 0. The van der Waals surface area contributed by atoms with Crippen molar-refractivity contribution in [3.63, 3.8) is 0 Å². The maximum Gasteiger partial charge on any atom is 0.163 e. The van der Waals surface area contributed by atoms with Crippen molar-refractivity contribution in [3.8, 4) is 11.5 Å². The Labute approximate surface area is 205 Å². The van der Waals surface area contributed by atoms with Crippen LogP contribution in [0.5, 0.6) is 11.5 Å². The van der Waals surface area contributed by atoms with E-state index in [0.717, 1.165) is 43.1 Å². The quantitative estimate of drug-likeness (QED) is 0.377. The zero-order valence-corrected chi connectivity index (χ0v) is 20.2. The Morgan fingerprint density at radius 2 is 1.61 bits per heavy atom. The standard InChI is InChI=1S/C26H28Cl2N2O3/c1-2-32-25-15-20(24(28)16-26(25)33-18-19-3-5-21(27)6-4-19)17-29-22-7-9-23(10-8-22)30-11-13-31-14-12-30/h3-10,15-16,29H,2,11-14,17-18H2,1H3. The molecular weight excluding hydrogens is 459 g/mol. The fourth-order valence-electron chi connectivity index (χ4n) is 3.64. The first-order valence-electron chi connectivity index (χ1n) is 11.1. The third kappa shape index (κ3) is 6.47. The van der Waals surface area contributed by atoms with Crippen molar-refractivity contribution in [1.29, 1.82) is 0 Å². The van der Waals surface area contributed by atoms with Crippen LogP contribution in [0.4, 0.5) is 11.4 Å². The molecule has 7 heteroatoms. The lowest BCUT2D eigenvalue weighted by Gasteiger charge is -2.29. The van der Waals surface area contributed by atoms with Crippen LogP contribution in [0, 0.1) is 0 Å². The normalized spacial score (nSPS) is 13.6. The van der Waals surface area contributed by atoms with Crippen molar-refractivity contribution in [2.75, 3.05) is 43.1 Å². The van der Waals surface area contributed by atoms with Crippen LogP contribution in [0.2, 0.25) is 10.0 Å². The van der Waals surface area contributed by atoms with E-state index in [0.29, 0.717) is 41.3 Å². The first-order valence-corrected chi connectivity index (χ1v) is 11.9. The minimum absolute atomic E-state index is 0.403. The van der Waals surface area contributed by atoms with Gasteiger partial charge in [-0.2, -0.15) is 0 Å². The molecule has 1 heterocycles. The third-order valence-electron chi connectivity index (χ3n) is 5.45. The van der Waals surface area contributed by atoms with Crippen LogP contribution in [-0.4, -0.2) is 32.9 Å². The summed E-state index contributed by atoms with van der Waals surface area (Å²) in [6.45, 7) is 6.87. The van der Waals surface area contributed by atoms with Gasteiger partial charge in [-0.25, -0.2) is 0 Å². The third-order valence-corrected chi connectivity index (χ3v) is 6.05. The van der Waals surface area contributed by atoms with E-state index in [1.807, 2.05) is 43.3 Å². The number of ether oxygens (including phenoxy) is 3. The molecule has 0 unspecified atom stereocenters. The van der Waals surface area contributed by atoms with Crippen LogP contribution in [0.15, 0.2) is 60.7 Å². The van der Waals surface area contributed by atoms with Gasteiger partial charge in [0.05, 0.1) is 19.8 Å². The summed E-state index contributed by atoms with van der Waals surface area (Å²) >= 11 is 12.5. The summed E-state index contributed by atoms with van der Waals surface area (Å²) in [6.07, 6.45) is 0. The predicted molar refractivity (Wildman–Crippen MR) is 135 cm³/mol. The van der Waals surface area contributed by atoms with Crippen LogP contribution in [0.3, 0.4) is 0 Å². The molecule has 1 N–H and O–H groups in total. The molecular formula is C26H28Cl2N2O3. The summed E-state index contributed by atoms with van der Waals surface area (Å²) in [5.41, 5.74) is 4.20. The second-order valence-corrected chi connectivity index (χ2v) is 8.58. The van der Waals surface area contributed by atoms with Crippen molar-refractivity contribution >= 4 is 34.6 Å². The summed E-state index contributed by atoms with van der Waals surface area (Å²) in [5, 5.41) is 4.77. The zero-order chi connectivity index (χ0) is 23.0. The van der Waals surface area contributed by atoms with Crippen molar-refractivity contribution in [2.45, 2.75) is 20.1 Å². The predicted octanol–water partition coefficient (Wildman–Crippen LogP) is 6.42. The molecule has 0 spiro atoms. The molecule has 0 radical (unpaired) electrons. The van der Waals surface area contributed by atoms with Gasteiger partial charge in [0, 0.05) is 47.1 Å². The fourth-order valence-corrected chi connectivity index (χ4v) is 3.99. The van der Waals surface area contributed by atoms with Gasteiger partial charge in [0.15, 0.2) is 11.5 Å². The zero-order valence-electron chi connectivity index (χ0n) is 18.7. The maximum atomic E-state index is 6.59. The average Bonchev–Trinajstić information content (AvgIpc) is 2.85. The second kappa shape index (κ2) is 11.5. The molecule has 0 aromatic heterocycles. The van der Waals surface area contributed by atoms with Crippen LogP contribution < -0.4 is 19.7 Å². The van der Waals surface area contributed by atoms with E-state index in [1.54, 1.807) is 0 Å². The number of hydrogen-bond acceptors (Lipinski definition) is 5. The minimum Gasteiger partial charge on any atom is -0.490 e. The molecule has 3 aromatic carbocycles. The summed E-state index contributed by atoms with van der Waals surface area (Å²) in [4.78, 5) is 2.33. The van der Waals surface area contributed by atoms with Gasteiger partial charge in [-0.1, -0.05) is 35.3 Å². The van der Waals surface area contributed by atoms with E-state index in [-0.39, 0.29) is 0 Å². The minimum atomic E-state index is 0.403. The summed E-state index contributed by atoms with van der Waals surface area (Å²) in [5.74, 6) is 1.30. The number of benzene rings is 3. The second-order valence-electron chi connectivity index (χ2n) is 7.74. The number of hydrogen-bond donors (Lipinski definition) is 1. The van der Waals surface area contributed by atoms with Gasteiger partial charge < -0.3 is 24.4 Å². The molecule has 0 bridgehead atoms. The number of nitrogens with zero attached hydrogens (tertiary/aromatic N) is 1. The van der Waals surface area contributed by atoms with E-state index in [4.69, 9.17) is 37.4 Å². The van der Waals surface area contributed by atoms with E-state index in [2.05, 4.69) is 34.5 Å². The SMILES string of the molecule is CCOc1cc(CNc2ccc(N3CCOCC3)cc2)c(Cl)cc1OCc1ccc(Cl)cc1. The Balaban J connectivity index is 1.40. The van der Waals surface area contributed by atoms with Crippen molar-refractivity contribution < 1.29 is 14.2 Å². The van der Waals surface area contributed by atoms with Crippen molar-refractivity contribution in [3.05, 3.63) is 81.8 Å². The molecule has 0 saturated carbocycles. The largest absolute Gasteiger partial charge is 0.490 e. The Kier molecular flexibility index (Phi) is 8.21. The molecule has 1 fully saturated rings. The highest BCUT2D eigenvalue weighted by Crippen LogP contribution is 2.35. The smallest absolute Gasteiger partial charge is 0.163 e. The molecule has 1 aliphatic heterocycles. The van der Waals surface area contributed by atoms with Crippen LogP contribution in [0.25, 0.3) is 0 Å². The van der Waals surface area contributed by atoms with Gasteiger partial charge in [0.2, 0.25) is 0 Å². The van der Waals surface area contributed by atoms with E-state index < -0.39 is 0 Å². The van der Waals surface area contributed by atoms with Crippen LogP contribution in [-0.2, 0) is 17.9 Å². The molecule has 0 amide bonds.